The number of para-hydroxylation sites is 2. The number of carbonyl (C=O) groups is 1. The maximum absolute atomic E-state index is 12.6. The Labute approximate surface area is 189 Å². The molecule has 3 heterocycles. The van der Waals surface area contributed by atoms with Crippen LogP contribution in [0.15, 0.2) is 84.2 Å². The molecule has 0 fully saturated rings. The second-order valence-electron chi connectivity index (χ2n) is 7.60. The maximum Gasteiger partial charge on any atom is 0.255 e. The first-order chi connectivity index (χ1) is 16.1. The Hall–Kier alpha value is -4.59. The Bertz CT molecular complexity index is 1500. The van der Waals surface area contributed by atoms with E-state index in [1.165, 1.54) is 0 Å². The first-order valence-corrected chi connectivity index (χ1v) is 10.4. The molecule has 0 aliphatic carbocycles. The molecule has 8 nitrogen and oxygen atoms in total. The van der Waals surface area contributed by atoms with Gasteiger partial charge in [0.2, 0.25) is 5.91 Å². The lowest BCUT2D eigenvalue weighted by atomic mass is 10.1. The number of imidazole rings is 1. The zero-order valence-electron chi connectivity index (χ0n) is 17.8. The summed E-state index contributed by atoms with van der Waals surface area (Å²) in [5, 5.41) is 2.85. The lowest BCUT2D eigenvalue weighted by molar-refractivity contribution is -0.115. The third-order valence-electron chi connectivity index (χ3n) is 5.38. The van der Waals surface area contributed by atoms with Crippen LogP contribution in [-0.4, -0.2) is 30.4 Å². The fraction of sp³-hybridized carbons (Fsp3) is 0.0800. The molecular weight excluding hydrogens is 416 g/mol. The molecule has 5 aromatic rings. The molecule has 2 aromatic carbocycles. The summed E-state index contributed by atoms with van der Waals surface area (Å²) < 4.78 is 1.99. The van der Waals surface area contributed by atoms with E-state index in [-0.39, 0.29) is 17.9 Å². The highest BCUT2D eigenvalue weighted by Crippen LogP contribution is 2.20. The van der Waals surface area contributed by atoms with Crippen LogP contribution in [0.2, 0.25) is 0 Å². The van der Waals surface area contributed by atoms with Crippen molar-refractivity contribution in [1.29, 1.82) is 0 Å². The van der Waals surface area contributed by atoms with Crippen LogP contribution < -0.4 is 10.9 Å². The number of anilines is 1. The van der Waals surface area contributed by atoms with E-state index in [0.29, 0.717) is 28.3 Å². The monoisotopic (exact) mass is 436 g/mol. The van der Waals surface area contributed by atoms with Crippen LogP contribution >= 0.6 is 0 Å². The van der Waals surface area contributed by atoms with Gasteiger partial charge in [-0.25, -0.2) is 9.97 Å². The number of pyridine rings is 1. The number of aromatic nitrogens is 5. The predicted octanol–water partition coefficient (Wildman–Crippen LogP) is 3.66. The molecule has 0 unspecified atom stereocenters. The zero-order valence-corrected chi connectivity index (χ0v) is 17.8. The van der Waals surface area contributed by atoms with Crippen LogP contribution in [0.1, 0.15) is 11.3 Å². The van der Waals surface area contributed by atoms with Gasteiger partial charge in [-0.1, -0.05) is 12.1 Å². The van der Waals surface area contributed by atoms with E-state index in [1.54, 1.807) is 31.7 Å². The molecule has 1 amide bonds. The predicted molar refractivity (Wildman–Crippen MR) is 126 cm³/mol. The molecule has 33 heavy (non-hydrogen) atoms. The van der Waals surface area contributed by atoms with Crippen LogP contribution in [0.25, 0.3) is 28.1 Å². The first kappa shape index (κ1) is 20.3. The second-order valence-corrected chi connectivity index (χ2v) is 7.60. The number of aromatic amines is 1. The number of aryl methyl sites for hydroxylation is 1. The van der Waals surface area contributed by atoms with Gasteiger partial charge in [0.25, 0.3) is 5.56 Å². The van der Waals surface area contributed by atoms with Crippen molar-refractivity contribution in [2.75, 3.05) is 5.32 Å². The Morgan fingerprint density at radius 2 is 1.88 bits per heavy atom. The minimum Gasteiger partial charge on any atom is -0.326 e. The quantitative estimate of drug-likeness (QED) is 0.437. The Kier molecular flexibility index (Phi) is 5.24. The zero-order chi connectivity index (χ0) is 22.8. The summed E-state index contributed by atoms with van der Waals surface area (Å²) in [6.07, 6.45) is 4.97. The average molecular weight is 436 g/mol. The minimum atomic E-state index is -0.334. The van der Waals surface area contributed by atoms with Crippen LogP contribution in [0.5, 0.6) is 0 Å². The number of hydrogen-bond acceptors (Lipinski definition) is 5. The van der Waals surface area contributed by atoms with Gasteiger partial charge in [-0.05, 0) is 55.5 Å². The van der Waals surface area contributed by atoms with E-state index < -0.39 is 0 Å². The summed E-state index contributed by atoms with van der Waals surface area (Å²) in [4.78, 5) is 40.9. The van der Waals surface area contributed by atoms with Crippen molar-refractivity contribution in [3.63, 3.8) is 0 Å². The maximum atomic E-state index is 12.6. The van der Waals surface area contributed by atoms with Gasteiger partial charge in [-0.3, -0.25) is 19.1 Å². The van der Waals surface area contributed by atoms with Crippen molar-refractivity contribution >= 4 is 22.6 Å². The molecule has 2 N–H and O–H groups in total. The summed E-state index contributed by atoms with van der Waals surface area (Å²) in [7, 11) is 0. The molecule has 0 aliphatic rings. The molecule has 0 bridgehead atoms. The van der Waals surface area contributed by atoms with Crippen molar-refractivity contribution in [1.82, 2.24) is 24.5 Å². The SMILES string of the molecule is Cc1nc(-c2cccnc2)[nH]c(=O)c1CC(=O)Nc1ccc(-n2cnc3ccccc32)cc1. The van der Waals surface area contributed by atoms with Gasteiger partial charge in [0.05, 0.1) is 17.5 Å². The fourth-order valence-electron chi connectivity index (χ4n) is 3.69. The molecular formula is C25H20N6O2. The third-order valence-corrected chi connectivity index (χ3v) is 5.38. The van der Waals surface area contributed by atoms with Crippen molar-refractivity contribution in [2.45, 2.75) is 13.3 Å². The number of fused-ring (bicyclic) bond motifs is 1. The molecule has 5 rings (SSSR count). The average Bonchev–Trinajstić information content (AvgIpc) is 3.27. The molecule has 162 valence electrons. The molecule has 0 aliphatic heterocycles. The number of H-pyrrole nitrogens is 1. The molecule has 3 aromatic heterocycles. The molecule has 0 saturated heterocycles. The van der Waals surface area contributed by atoms with E-state index in [0.717, 1.165) is 16.7 Å². The lowest BCUT2D eigenvalue weighted by Gasteiger charge is -2.09. The summed E-state index contributed by atoms with van der Waals surface area (Å²) in [5.41, 5.74) is 4.71. The summed E-state index contributed by atoms with van der Waals surface area (Å²) in [6, 6.07) is 18.9. The van der Waals surface area contributed by atoms with E-state index in [2.05, 4.69) is 25.3 Å². The first-order valence-electron chi connectivity index (χ1n) is 10.4. The molecule has 0 atom stereocenters. The van der Waals surface area contributed by atoms with Gasteiger partial charge in [0, 0.05) is 40.6 Å². The summed E-state index contributed by atoms with van der Waals surface area (Å²) in [5.74, 6) is 0.137. The molecule has 8 heteroatoms. The molecule has 0 saturated carbocycles. The van der Waals surface area contributed by atoms with Gasteiger partial charge in [-0.2, -0.15) is 0 Å². The highest BCUT2D eigenvalue weighted by molar-refractivity contribution is 5.92. The third kappa shape index (κ3) is 4.14. The van der Waals surface area contributed by atoms with Crippen molar-refractivity contribution in [3.8, 4) is 17.1 Å². The largest absolute Gasteiger partial charge is 0.326 e. The van der Waals surface area contributed by atoms with Crippen LogP contribution in [0.3, 0.4) is 0 Å². The number of nitrogens with zero attached hydrogens (tertiary/aromatic N) is 4. The summed E-state index contributed by atoms with van der Waals surface area (Å²) in [6.45, 7) is 1.72. The van der Waals surface area contributed by atoms with E-state index in [4.69, 9.17) is 0 Å². The van der Waals surface area contributed by atoms with Crippen LogP contribution in [0.4, 0.5) is 5.69 Å². The smallest absolute Gasteiger partial charge is 0.255 e. The fourth-order valence-corrected chi connectivity index (χ4v) is 3.69. The van der Waals surface area contributed by atoms with Gasteiger partial charge in [0.15, 0.2) is 0 Å². The van der Waals surface area contributed by atoms with Crippen molar-refractivity contribution in [2.24, 2.45) is 0 Å². The number of nitrogens with one attached hydrogen (secondary N) is 2. The minimum absolute atomic E-state index is 0.0740. The van der Waals surface area contributed by atoms with Crippen LogP contribution in [-0.2, 0) is 11.2 Å². The lowest BCUT2D eigenvalue weighted by Crippen LogP contribution is -2.23. The highest BCUT2D eigenvalue weighted by Gasteiger charge is 2.14. The number of hydrogen-bond donors (Lipinski definition) is 2. The Balaban J connectivity index is 1.31. The van der Waals surface area contributed by atoms with E-state index in [9.17, 15) is 9.59 Å². The van der Waals surface area contributed by atoms with Crippen molar-refractivity contribution in [3.05, 3.63) is 101 Å². The Morgan fingerprint density at radius 3 is 2.64 bits per heavy atom. The summed E-state index contributed by atoms with van der Waals surface area (Å²) >= 11 is 0. The molecule has 0 spiro atoms. The number of benzene rings is 2. The topological polar surface area (TPSA) is 106 Å². The highest BCUT2D eigenvalue weighted by atomic mass is 16.2. The Morgan fingerprint density at radius 1 is 1.06 bits per heavy atom. The van der Waals surface area contributed by atoms with Gasteiger partial charge in [0.1, 0.15) is 12.2 Å². The standard InChI is InChI=1S/C25H20N6O2/c1-16-20(25(33)30-24(28-16)17-5-4-12-26-14-17)13-23(32)29-18-8-10-19(11-9-18)31-15-27-21-6-2-3-7-22(21)31/h2-12,14-15H,13H2,1H3,(H,29,32)(H,28,30,33). The second kappa shape index (κ2) is 8.51. The van der Waals surface area contributed by atoms with Gasteiger partial charge >= 0.3 is 0 Å². The number of carbonyl (C=O) groups excluding carboxylic acids is 1. The number of amides is 1. The normalized spacial score (nSPS) is 10.9. The van der Waals surface area contributed by atoms with Crippen LogP contribution in [0, 0.1) is 6.92 Å². The van der Waals surface area contributed by atoms with Gasteiger partial charge in [-0.15, -0.1) is 0 Å². The van der Waals surface area contributed by atoms with E-state index in [1.807, 2.05) is 59.2 Å². The number of rotatable bonds is 5. The molecule has 0 radical (unpaired) electrons. The van der Waals surface area contributed by atoms with Gasteiger partial charge < -0.3 is 10.3 Å². The van der Waals surface area contributed by atoms with Crippen molar-refractivity contribution < 1.29 is 4.79 Å². The van der Waals surface area contributed by atoms with E-state index >= 15 is 0 Å².